The summed E-state index contributed by atoms with van der Waals surface area (Å²) in [4.78, 5) is 24.5. The van der Waals surface area contributed by atoms with E-state index in [4.69, 9.17) is 0 Å². The van der Waals surface area contributed by atoms with Crippen LogP contribution in [-0.4, -0.2) is 17.7 Å². The van der Waals surface area contributed by atoms with Gasteiger partial charge in [-0.2, -0.15) is 0 Å². The number of hydrogen-bond donors (Lipinski definition) is 1. The predicted molar refractivity (Wildman–Crippen MR) is 72.8 cm³/mol. The van der Waals surface area contributed by atoms with E-state index in [2.05, 4.69) is 5.32 Å². The van der Waals surface area contributed by atoms with Crippen molar-refractivity contribution in [3.05, 3.63) is 34.0 Å². The lowest BCUT2D eigenvalue weighted by molar-refractivity contribution is -0.118. The maximum atomic E-state index is 11.9. The first kappa shape index (κ1) is 13.0. The van der Waals surface area contributed by atoms with Crippen molar-refractivity contribution in [1.29, 1.82) is 0 Å². The van der Waals surface area contributed by atoms with Crippen molar-refractivity contribution in [2.75, 3.05) is 0 Å². The van der Waals surface area contributed by atoms with E-state index in [9.17, 15) is 9.59 Å². The first-order valence-electron chi connectivity index (χ1n) is 6.23. The lowest BCUT2D eigenvalue weighted by atomic mass is 10.1. The summed E-state index contributed by atoms with van der Waals surface area (Å²) >= 11 is 1.44. The first-order valence-corrected chi connectivity index (χ1v) is 7.11. The Morgan fingerprint density at radius 1 is 1.50 bits per heavy atom. The Labute approximate surface area is 111 Å². The fraction of sp³-hybridized carbons (Fsp3) is 0.429. The van der Waals surface area contributed by atoms with Gasteiger partial charge in [0, 0.05) is 18.0 Å². The van der Waals surface area contributed by atoms with E-state index in [1.807, 2.05) is 30.5 Å². The number of carbonyl (C=O) groups is 2. The summed E-state index contributed by atoms with van der Waals surface area (Å²) in [6.07, 6.45) is 5.26. The van der Waals surface area contributed by atoms with Crippen LogP contribution in [0, 0.1) is 0 Å². The molecule has 0 radical (unpaired) electrons. The number of allylic oxidation sites excluding steroid dienone is 1. The van der Waals surface area contributed by atoms with Gasteiger partial charge in [0.25, 0.3) is 0 Å². The predicted octanol–water partition coefficient (Wildman–Crippen LogP) is 2.94. The molecule has 1 aromatic rings. The van der Waals surface area contributed by atoms with Crippen LogP contribution in [0.25, 0.3) is 0 Å². The molecule has 1 aromatic heterocycles. The van der Waals surface area contributed by atoms with Gasteiger partial charge >= 0.3 is 0 Å². The molecule has 0 fully saturated rings. The minimum absolute atomic E-state index is 0.0148. The molecule has 1 heterocycles. The van der Waals surface area contributed by atoms with Gasteiger partial charge in [0.1, 0.15) is 0 Å². The van der Waals surface area contributed by atoms with Gasteiger partial charge in [-0.25, -0.2) is 0 Å². The molecule has 0 aliphatic heterocycles. The van der Waals surface area contributed by atoms with Crippen LogP contribution in [0.4, 0.5) is 0 Å². The summed E-state index contributed by atoms with van der Waals surface area (Å²) in [6.45, 7) is 1.87. The number of Topliss-reactive ketones (excluding diaryl/α,β-unsaturated/α-hetero) is 1. The third kappa shape index (κ3) is 3.29. The van der Waals surface area contributed by atoms with E-state index in [-0.39, 0.29) is 17.7 Å². The number of carbonyl (C=O) groups excluding carboxylic acids is 2. The molecule has 1 aliphatic rings. The summed E-state index contributed by atoms with van der Waals surface area (Å²) in [5.41, 5.74) is 0.866. The van der Waals surface area contributed by atoms with Crippen LogP contribution in [0.1, 0.15) is 42.3 Å². The number of hydrogen-bond acceptors (Lipinski definition) is 3. The Balaban J connectivity index is 1.83. The second kappa shape index (κ2) is 5.96. The maximum Gasteiger partial charge on any atom is 0.247 e. The lowest BCUT2D eigenvalue weighted by Crippen LogP contribution is -2.34. The van der Waals surface area contributed by atoms with Crippen molar-refractivity contribution < 1.29 is 9.59 Å². The number of ketones is 1. The van der Waals surface area contributed by atoms with Crippen molar-refractivity contribution in [2.24, 2.45) is 0 Å². The van der Waals surface area contributed by atoms with Crippen LogP contribution in [-0.2, 0) is 4.79 Å². The van der Waals surface area contributed by atoms with Crippen molar-refractivity contribution >= 4 is 23.0 Å². The molecule has 96 valence electrons. The van der Waals surface area contributed by atoms with Crippen molar-refractivity contribution in [3.63, 3.8) is 0 Å². The Morgan fingerprint density at radius 2 is 2.33 bits per heavy atom. The molecule has 0 unspecified atom stereocenters. The number of thiophene rings is 1. The first-order chi connectivity index (χ1) is 8.66. The highest BCUT2D eigenvalue weighted by Gasteiger charge is 2.17. The van der Waals surface area contributed by atoms with Crippen LogP contribution in [0.3, 0.4) is 0 Å². The zero-order valence-electron chi connectivity index (χ0n) is 10.4. The zero-order valence-corrected chi connectivity index (χ0v) is 11.3. The highest BCUT2D eigenvalue weighted by Crippen LogP contribution is 2.18. The van der Waals surface area contributed by atoms with Crippen LogP contribution in [0.2, 0.25) is 0 Å². The summed E-state index contributed by atoms with van der Waals surface area (Å²) in [5.74, 6) is 0.0807. The molecular formula is C14H17NO2S. The summed E-state index contributed by atoms with van der Waals surface area (Å²) < 4.78 is 0. The Kier molecular flexibility index (Phi) is 4.31. The Bertz CT molecular complexity index is 462. The number of amides is 1. The third-order valence-corrected chi connectivity index (χ3v) is 3.91. The molecule has 1 N–H and O–H groups in total. The van der Waals surface area contributed by atoms with Crippen LogP contribution >= 0.6 is 11.3 Å². The molecule has 1 aliphatic carbocycles. The van der Waals surface area contributed by atoms with E-state index >= 15 is 0 Å². The van der Waals surface area contributed by atoms with Gasteiger partial charge in [0.05, 0.1) is 4.88 Å². The van der Waals surface area contributed by atoms with Gasteiger partial charge in [-0.05, 0) is 37.6 Å². The van der Waals surface area contributed by atoms with Gasteiger partial charge in [-0.15, -0.1) is 11.3 Å². The average Bonchev–Trinajstić information content (AvgIpc) is 3.02. The molecular weight excluding hydrogens is 246 g/mol. The zero-order chi connectivity index (χ0) is 13.0. The van der Waals surface area contributed by atoms with E-state index in [0.717, 1.165) is 29.7 Å². The van der Waals surface area contributed by atoms with Crippen LogP contribution in [0.5, 0.6) is 0 Å². The molecule has 1 amide bonds. The largest absolute Gasteiger partial charge is 0.349 e. The molecule has 0 spiro atoms. The minimum Gasteiger partial charge on any atom is -0.349 e. The Morgan fingerprint density at radius 3 is 2.94 bits per heavy atom. The summed E-state index contributed by atoms with van der Waals surface area (Å²) in [5, 5.41) is 4.78. The van der Waals surface area contributed by atoms with Gasteiger partial charge in [-0.3, -0.25) is 9.59 Å². The third-order valence-electron chi connectivity index (χ3n) is 3.00. The molecule has 0 saturated carbocycles. The topological polar surface area (TPSA) is 46.2 Å². The second-order valence-corrected chi connectivity index (χ2v) is 5.55. The maximum absolute atomic E-state index is 11.9. The highest BCUT2D eigenvalue weighted by atomic mass is 32.1. The normalized spacial score (nSPS) is 16.2. The smallest absolute Gasteiger partial charge is 0.247 e. The minimum atomic E-state index is -0.117. The highest BCUT2D eigenvalue weighted by molar-refractivity contribution is 7.12. The van der Waals surface area contributed by atoms with E-state index < -0.39 is 0 Å². The van der Waals surface area contributed by atoms with Crippen molar-refractivity contribution in [3.8, 4) is 0 Å². The summed E-state index contributed by atoms with van der Waals surface area (Å²) in [6, 6.07) is 3.57. The lowest BCUT2D eigenvalue weighted by Gasteiger charge is -2.13. The number of nitrogens with one attached hydrogen (secondary N) is 1. The van der Waals surface area contributed by atoms with Gasteiger partial charge < -0.3 is 5.32 Å². The molecule has 0 saturated heterocycles. The molecule has 0 aromatic carbocycles. The summed E-state index contributed by atoms with van der Waals surface area (Å²) in [7, 11) is 0. The van der Waals surface area contributed by atoms with Crippen molar-refractivity contribution in [1.82, 2.24) is 5.32 Å². The molecule has 1 atom stereocenters. The average molecular weight is 263 g/mol. The van der Waals surface area contributed by atoms with Gasteiger partial charge in [0.2, 0.25) is 5.91 Å². The molecule has 0 bridgehead atoms. The fourth-order valence-electron chi connectivity index (χ4n) is 2.06. The van der Waals surface area contributed by atoms with Gasteiger partial charge in [-0.1, -0.05) is 12.1 Å². The van der Waals surface area contributed by atoms with E-state index in [1.165, 1.54) is 11.3 Å². The van der Waals surface area contributed by atoms with Gasteiger partial charge in [0.15, 0.2) is 5.78 Å². The quantitative estimate of drug-likeness (QED) is 0.830. The SMILES string of the molecule is C[C@H](CC(=O)c1cccs1)NC(=O)C1=CCCC1. The Hall–Kier alpha value is -1.42. The molecule has 18 heavy (non-hydrogen) atoms. The fourth-order valence-corrected chi connectivity index (χ4v) is 2.74. The molecule has 3 nitrogen and oxygen atoms in total. The second-order valence-electron chi connectivity index (χ2n) is 4.60. The standard InChI is InChI=1S/C14H17NO2S/c1-10(9-12(16)13-7-4-8-18-13)15-14(17)11-5-2-3-6-11/h4-5,7-8,10H,2-3,6,9H2,1H3,(H,15,17)/t10-/m1/s1. The molecule has 2 rings (SSSR count). The van der Waals surface area contributed by atoms with E-state index in [1.54, 1.807) is 0 Å². The van der Waals surface area contributed by atoms with Crippen LogP contribution in [0.15, 0.2) is 29.2 Å². The van der Waals surface area contributed by atoms with Crippen molar-refractivity contribution in [2.45, 2.75) is 38.6 Å². The number of rotatable bonds is 5. The van der Waals surface area contributed by atoms with Crippen LogP contribution < -0.4 is 5.32 Å². The van der Waals surface area contributed by atoms with E-state index in [0.29, 0.717) is 6.42 Å². The molecule has 4 heteroatoms. The monoisotopic (exact) mass is 263 g/mol.